The summed E-state index contributed by atoms with van der Waals surface area (Å²) in [5.74, 6) is -0.203. The lowest BCUT2D eigenvalue weighted by atomic mass is 9.91. The Labute approximate surface area is 84.6 Å². The van der Waals surface area contributed by atoms with Crippen molar-refractivity contribution in [2.24, 2.45) is 5.41 Å². The fraction of sp³-hybridized carbons (Fsp3) is 0.800. The third kappa shape index (κ3) is 4.84. The smallest absolute Gasteiger partial charge is 0.311 e. The molecule has 0 amide bonds. The minimum atomic E-state index is -0.425. The fourth-order valence-electron chi connectivity index (χ4n) is 0.695. The monoisotopic (exact) mass is 202 g/mol. The van der Waals surface area contributed by atoms with Crippen molar-refractivity contribution in [2.75, 3.05) is 13.2 Å². The quantitative estimate of drug-likeness (QED) is 0.357. The molecule has 0 spiro atoms. The molecule has 4 nitrogen and oxygen atoms in total. The maximum absolute atomic E-state index is 11.4. The van der Waals surface area contributed by atoms with E-state index in [0.717, 1.165) is 6.42 Å². The first-order chi connectivity index (χ1) is 6.54. The summed E-state index contributed by atoms with van der Waals surface area (Å²) >= 11 is 0. The van der Waals surface area contributed by atoms with Gasteiger partial charge in [-0.15, -0.1) is 0 Å². The number of esters is 1. The van der Waals surface area contributed by atoms with E-state index in [2.05, 4.69) is 4.74 Å². The average molecular weight is 202 g/mol. The molecule has 0 radical (unpaired) electrons. The van der Waals surface area contributed by atoms with Gasteiger partial charge in [-0.2, -0.15) is 0 Å². The van der Waals surface area contributed by atoms with E-state index in [1.54, 1.807) is 0 Å². The molecule has 0 atom stereocenters. The predicted octanol–water partition coefficient (Wildman–Crippen LogP) is 1.53. The third-order valence-electron chi connectivity index (χ3n) is 2.14. The molecule has 0 aliphatic rings. The van der Waals surface area contributed by atoms with Crippen LogP contribution in [-0.2, 0) is 19.1 Å². The van der Waals surface area contributed by atoms with Crippen LogP contribution < -0.4 is 0 Å². The Kier molecular flexibility index (Phi) is 5.92. The lowest BCUT2D eigenvalue weighted by Gasteiger charge is -2.20. The molecule has 0 aromatic rings. The van der Waals surface area contributed by atoms with E-state index in [1.165, 1.54) is 0 Å². The standard InChI is InChI=1S/C10H18O4/c1-4-10(2,3)9(12)14-7-5-6-13-8-11/h8H,4-7H2,1-3H3. The molecule has 0 bridgehead atoms. The Hall–Kier alpha value is -1.06. The first-order valence-electron chi connectivity index (χ1n) is 4.77. The van der Waals surface area contributed by atoms with E-state index in [0.29, 0.717) is 26.1 Å². The van der Waals surface area contributed by atoms with Crippen LogP contribution in [0, 0.1) is 5.41 Å². The highest BCUT2D eigenvalue weighted by Gasteiger charge is 2.26. The summed E-state index contributed by atoms with van der Waals surface area (Å²) in [5, 5.41) is 0. The van der Waals surface area contributed by atoms with Gasteiger partial charge in [-0.25, -0.2) is 0 Å². The summed E-state index contributed by atoms with van der Waals surface area (Å²) in [6.07, 6.45) is 1.29. The maximum Gasteiger partial charge on any atom is 0.311 e. The largest absolute Gasteiger partial charge is 0.468 e. The molecule has 0 aliphatic heterocycles. The Morgan fingerprint density at radius 1 is 1.36 bits per heavy atom. The van der Waals surface area contributed by atoms with Crippen molar-refractivity contribution in [3.63, 3.8) is 0 Å². The molecule has 0 aromatic heterocycles. The van der Waals surface area contributed by atoms with Crippen LogP contribution in [0.3, 0.4) is 0 Å². The van der Waals surface area contributed by atoms with Gasteiger partial charge in [-0.05, 0) is 20.3 Å². The second kappa shape index (κ2) is 6.40. The third-order valence-corrected chi connectivity index (χ3v) is 2.14. The minimum absolute atomic E-state index is 0.203. The molecule has 0 aliphatic carbocycles. The number of rotatable bonds is 7. The molecule has 0 unspecified atom stereocenters. The van der Waals surface area contributed by atoms with E-state index in [1.807, 2.05) is 20.8 Å². The van der Waals surface area contributed by atoms with Crippen LogP contribution in [0.1, 0.15) is 33.6 Å². The number of hydrogen-bond acceptors (Lipinski definition) is 4. The van der Waals surface area contributed by atoms with E-state index < -0.39 is 5.41 Å². The van der Waals surface area contributed by atoms with E-state index >= 15 is 0 Å². The van der Waals surface area contributed by atoms with Crippen LogP contribution in [0.4, 0.5) is 0 Å². The highest BCUT2D eigenvalue weighted by atomic mass is 16.5. The van der Waals surface area contributed by atoms with Crippen LogP contribution in [0.25, 0.3) is 0 Å². The Morgan fingerprint density at radius 3 is 2.50 bits per heavy atom. The molecule has 0 heterocycles. The van der Waals surface area contributed by atoms with Gasteiger partial charge < -0.3 is 9.47 Å². The SMILES string of the molecule is CCC(C)(C)C(=O)OCCCOC=O. The van der Waals surface area contributed by atoms with Gasteiger partial charge in [-0.1, -0.05) is 6.92 Å². The average Bonchev–Trinajstić information content (AvgIpc) is 2.17. The van der Waals surface area contributed by atoms with Crippen molar-refractivity contribution >= 4 is 12.4 Å². The first kappa shape index (κ1) is 12.9. The first-order valence-corrected chi connectivity index (χ1v) is 4.77. The normalized spacial score (nSPS) is 10.8. The molecule has 4 heteroatoms. The van der Waals surface area contributed by atoms with Crippen LogP contribution in [0.2, 0.25) is 0 Å². The second-order valence-corrected chi connectivity index (χ2v) is 3.69. The Bertz CT molecular complexity index is 187. The van der Waals surface area contributed by atoms with E-state index in [4.69, 9.17) is 4.74 Å². The second-order valence-electron chi connectivity index (χ2n) is 3.69. The van der Waals surface area contributed by atoms with Crippen LogP contribution in [0.15, 0.2) is 0 Å². The molecule has 14 heavy (non-hydrogen) atoms. The van der Waals surface area contributed by atoms with Gasteiger partial charge in [0, 0.05) is 6.42 Å². The summed E-state index contributed by atoms with van der Waals surface area (Å²) < 4.78 is 9.46. The van der Waals surface area contributed by atoms with Crippen LogP contribution in [0.5, 0.6) is 0 Å². The van der Waals surface area contributed by atoms with Crippen LogP contribution in [-0.4, -0.2) is 25.7 Å². The van der Waals surface area contributed by atoms with Gasteiger partial charge in [0.1, 0.15) is 0 Å². The minimum Gasteiger partial charge on any atom is -0.468 e. The van der Waals surface area contributed by atoms with Gasteiger partial charge in [0.15, 0.2) is 0 Å². The molecule has 0 N–H and O–H groups in total. The highest BCUT2D eigenvalue weighted by Crippen LogP contribution is 2.21. The van der Waals surface area contributed by atoms with Gasteiger partial charge in [-0.3, -0.25) is 9.59 Å². The number of ether oxygens (including phenoxy) is 2. The maximum atomic E-state index is 11.4. The highest BCUT2D eigenvalue weighted by molar-refractivity contribution is 5.75. The topological polar surface area (TPSA) is 52.6 Å². The fourth-order valence-corrected chi connectivity index (χ4v) is 0.695. The molecule has 0 saturated carbocycles. The molecule has 82 valence electrons. The zero-order valence-electron chi connectivity index (χ0n) is 9.04. The summed E-state index contributed by atoms with van der Waals surface area (Å²) in [6.45, 7) is 6.61. The Balaban J connectivity index is 3.59. The van der Waals surface area contributed by atoms with Gasteiger partial charge >= 0.3 is 5.97 Å². The molecule has 0 aromatic carbocycles. The summed E-state index contributed by atoms with van der Waals surface area (Å²) in [6, 6.07) is 0. The lowest BCUT2D eigenvalue weighted by molar-refractivity contribution is -0.154. The number of carbonyl (C=O) groups excluding carboxylic acids is 2. The summed E-state index contributed by atoms with van der Waals surface area (Å²) in [5.41, 5.74) is -0.425. The van der Waals surface area contributed by atoms with E-state index in [-0.39, 0.29) is 5.97 Å². The molecule has 0 fully saturated rings. The van der Waals surface area contributed by atoms with Crippen molar-refractivity contribution in [3.05, 3.63) is 0 Å². The van der Waals surface area contributed by atoms with Crippen molar-refractivity contribution in [2.45, 2.75) is 33.6 Å². The van der Waals surface area contributed by atoms with Crippen molar-refractivity contribution < 1.29 is 19.1 Å². The predicted molar refractivity (Wildman–Crippen MR) is 51.7 cm³/mol. The number of carbonyl (C=O) groups is 2. The number of hydrogen-bond donors (Lipinski definition) is 0. The van der Waals surface area contributed by atoms with Gasteiger partial charge in [0.25, 0.3) is 6.47 Å². The van der Waals surface area contributed by atoms with Crippen LogP contribution >= 0.6 is 0 Å². The van der Waals surface area contributed by atoms with Gasteiger partial charge in [0.2, 0.25) is 0 Å². The molecular formula is C10H18O4. The van der Waals surface area contributed by atoms with Crippen molar-refractivity contribution in [3.8, 4) is 0 Å². The summed E-state index contributed by atoms with van der Waals surface area (Å²) in [7, 11) is 0. The van der Waals surface area contributed by atoms with Gasteiger partial charge in [0.05, 0.1) is 18.6 Å². The van der Waals surface area contributed by atoms with Crippen molar-refractivity contribution in [1.82, 2.24) is 0 Å². The zero-order valence-corrected chi connectivity index (χ0v) is 9.04. The Morgan fingerprint density at radius 2 is 2.00 bits per heavy atom. The molecular weight excluding hydrogens is 184 g/mol. The lowest BCUT2D eigenvalue weighted by Crippen LogP contribution is -2.26. The van der Waals surface area contributed by atoms with Crippen molar-refractivity contribution in [1.29, 1.82) is 0 Å². The van der Waals surface area contributed by atoms with E-state index in [9.17, 15) is 9.59 Å². The molecule has 0 saturated heterocycles. The zero-order chi connectivity index (χ0) is 11.0. The summed E-state index contributed by atoms with van der Waals surface area (Å²) in [4.78, 5) is 21.2. The molecule has 0 rings (SSSR count).